The van der Waals surface area contributed by atoms with Crippen molar-refractivity contribution in [3.8, 4) is 5.75 Å². The lowest BCUT2D eigenvalue weighted by molar-refractivity contribution is 0.381. The van der Waals surface area contributed by atoms with Crippen molar-refractivity contribution in [2.45, 2.75) is 6.42 Å². The van der Waals surface area contributed by atoms with Crippen LogP contribution in [0.1, 0.15) is 5.56 Å². The van der Waals surface area contributed by atoms with Crippen molar-refractivity contribution in [2.24, 2.45) is 0 Å². The molecule has 0 unspecified atom stereocenters. The third kappa shape index (κ3) is 1.58. The van der Waals surface area contributed by atoms with Gasteiger partial charge in [0.1, 0.15) is 5.58 Å². The van der Waals surface area contributed by atoms with Crippen LogP contribution in [0.4, 0.5) is 0 Å². The second-order valence-corrected chi connectivity index (χ2v) is 3.22. The van der Waals surface area contributed by atoms with Gasteiger partial charge in [-0.15, -0.1) is 0 Å². The molecule has 1 heterocycles. The van der Waals surface area contributed by atoms with Crippen LogP contribution in [0.3, 0.4) is 0 Å². The number of hydrogen-bond donors (Lipinski definition) is 0. The van der Waals surface area contributed by atoms with Gasteiger partial charge in [-0.25, -0.2) is 4.79 Å². The van der Waals surface area contributed by atoms with Crippen LogP contribution in [0.2, 0.25) is 0 Å². The van der Waals surface area contributed by atoms with Crippen LogP contribution in [-0.4, -0.2) is 13.4 Å². The Hall–Kier alpha value is -2.10. The zero-order valence-electron chi connectivity index (χ0n) is 8.65. The fourth-order valence-electron chi connectivity index (χ4n) is 1.65. The summed E-state index contributed by atoms with van der Waals surface area (Å²) >= 11 is 0. The number of rotatable bonds is 3. The van der Waals surface area contributed by atoms with E-state index in [0.717, 1.165) is 0 Å². The highest BCUT2D eigenvalue weighted by molar-refractivity contribution is 5.84. The first-order valence-electron chi connectivity index (χ1n) is 4.71. The second kappa shape index (κ2) is 4.18. The average Bonchev–Trinajstić information content (AvgIpc) is 2.29. The molecular formula is C12H9O4. The Morgan fingerprint density at radius 2 is 2.12 bits per heavy atom. The molecule has 0 amide bonds. The maximum absolute atomic E-state index is 11.5. The predicted molar refractivity (Wildman–Crippen MR) is 58.4 cm³/mol. The Balaban J connectivity index is 2.86. The molecule has 0 aliphatic carbocycles. The van der Waals surface area contributed by atoms with Gasteiger partial charge in [0.15, 0.2) is 0 Å². The maximum Gasteiger partial charge on any atom is 0.379 e. The Kier molecular flexibility index (Phi) is 2.72. The largest absolute Gasteiger partial charge is 0.490 e. The molecule has 2 aromatic rings. The molecule has 0 spiro atoms. The first kappa shape index (κ1) is 10.4. The summed E-state index contributed by atoms with van der Waals surface area (Å²) in [5.41, 5.74) is 0.384. The monoisotopic (exact) mass is 217 g/mol. The van der Waals surface area contributed by atoms with Crippen molar-refractivity contribution in [3.05, 3.63) is 40.2 Å². The van der Waals surface area contributed by atoms with Gasteiger partial charge in [0.05, 0.1) is 7.11 Å². The summed E-state index contributed by atoms with van der Waals surface area (Å²) in [7, 11) is 1.37. The average molecular weight is 217 g/mol. The van der Waals surface area contributed by atoms with Crippen molar-refractivity contribution in [3.63, 3.8) is 0 Å². The van der Waals surface area contributed by atoms with Crippen molar-refractivity contribution < 1.29 is 13.9 Å². The van der Waals surface area contributed by atoms with E-state index in [4.69, 9.17) is 9.15 Å². The third-order valence-electron chi connectivity index (χ3n) is 2.33. The summed E-state index contributed by atoms with van der Waals surface area (Å²) in [6.07, 6.45) is 1.78. The molecule has 1 aromatic heterocycles. The van der Waals surface area contributed by atoms with E-state index in [0.29, 0.717) is 16.5 Å². The topological polar surface area (TPSA) is 56.5 Å². The summed E-state index contributed by atoms with van der Waals surface area (Å²) in [5, 5.41) is 0.697. The fourth-order valence-corrected chi connectivity index (χ4v) is 1.65. The molecule has 0 fully saturated rings. The van der Waals surface area contributed by atoms with Gasteiger partial charge in [-0.2, -0.15) is 0 Å². The van der Waals surface area contributed by atoms with Gasteiger partial charge < -0.3 is 9.15 Å². The van der Waals surface area contributed by atoms with Crippen LogP contribution in [-0.2, 0) is 11.2 Å². The van der Waals surface area contributed by atoms with Crippen molar-refractivity contribution in [1.82, 2.24) is 0 Å². The normalized spacial score (nSPS) is 10.3. The van der Waals surface area contributed by atoms with E-state index in [1.54, 1.807) is 30.6 Å². The number of ether oxygens (including phenoxy) is 1. The Morgan fingerprint density at radius 1 is 1.38 bits per heavy atom. The highest BCUT2D eigenvalue weighted by Gasteiger charge is 2.14. The van der Waals surface area contributed by atoms with Crippen LogP contribution in [0.5, 0.6) is 5.75 Å². The van der Waals surface area contributed by atoms with Crippen LogP contribution in [0.15, 0.2) is 33.5 Å². The van der Waals surface area contributed by atoms with E-state index in [1.807, 2.05) is 0 Å². The number of para-hydroxylation sites is 1. The zero-order valence-corrected chi connectivity index (χ0v) is 8.65. The van der Waals surface area contributed by atoms with Gasteiger partial charge in [-0.3, -0.25) is 4.79 Å². The second-order valence-electron chi connectivity index (χ2n) is 3.22. The molecule has 81 valence electrons. The van der Waals surface area contributed by atoms with Crippen LogP contribution >= 0.6 is 0 Å². The Bertz CT molecular complexity index is 583. The lowest BCUT2D eigenvalue weighted by Gasteiger charge is -2.06. The molecule has 0 saturated carbocycles. The molecule has 4 nitrogen and oxygen atoms in total. The number of carbonyl (C=O) groups excluding carboxylic acids is 1. The smallest absolute Gasteiger partial charge is 0.379 e. The first-order valence-corrected chi connectivity index (χ1v) is 4.71. The van der Waals surface area contributed by atoms with Crippen molar-refractivity contribution in [1.29, 1.82) is 0 Å². The Morgan fingerprint density at radius 3 is 2.81 bits per heavy atom. The number of fused-ring (bicyclic) bond motifs is 1. The van der Waals surface area contributed by atoms with Gasteiger partial charge in [-0.05, 0) is 6.07 Å². The lowest BCUT2D eigenvalue weighted by Crippen LogP contribution is -2.08. The zero-order chi connectivity index (χ0) is 11.5. The predicted octanol–water partition coefficient (Wildman–Crippen LogP) is 1.45. The van der Waals surface area contributed by atoms with E-state index in [9.17, 15) is 9.59 Å². The molecule has 4 heteroatoms. The molecule has 0 aliphatic heterocycles. The minimum Gasteiger partial charge on any atom is -0.490 e. The van der Waals surface area contributed by atoms with E-state index in [1.165, 1.54) is 7.11 Å². The van der Waals surface area contributed by atoms with E-state index >= 15 is 0 Å². The summed E-state index contributed by atoms with van der Waals surface area (Å²) < 4.78 is 10.0. The van der Waals surface area contributed by atoms with Gasteiger partial charge in [0, 0.05) is 17.4 Å². The quantitative estimate of drug-likeness (QED) is 0.730. The minimum atomic E-state index is -0.577. The van der Waals surface area contributed by atoms with Crippen LogP contribution in [0, 0.1) is 0 Å². The van der Waals surface area contributed by atoms with Crippen LogP contribution < -0.4 is 10.4 Å². The van der Waals surface area contributed by atoms with Crippen molar-refractivity contribution in [2.75, 3.05) is 7.11 Å². The molecule has 2 rings (SSSR count). The molecule has 1 aromatic carbocycles. The summed E-state index contributed by atoms with van der Waals surface area (Å²) in [5.74, 6) is 0.0713. The summed E-state index contributed by atoms with van der Waals surface area (Å²) in [6.45, 7) is 0. The van der Waals surface area contributed by atoms with Crippen molar-refractivity contribution >= 4 is 17.3 Å². The van der Waals surface area contributed by atoms with E-state index in [-0.39, 0.29) is 12.2 Å². The van der Waals surface area contributed by atoms with Gasteiger partial charge >= 0.3 is 5.63 Å². The number of methoxy groups -OCH3 is 1. The number of benzene rings is 1. The molecule has 16 heavy (non-hydrogen) atoms. The lowest BCUT2D eigenvalue weighted by atomic mass is 10.1. The van der Waals surface area contributed by atoms with Crippen LogP contribution in [0.25, 0.3) is 11.0 Å². The molecule has 0 bridgehead atoms. The molecule has 0 atom stereocenters. The summed E-state index contributed by atoms with van der Waals surface area (Å²) in [6, 6.07) is 7.00. The molecule has 1 radical (unpaired) electrons. The van der Waals surface area contributed by atoms with E-state index in [2.05, 4.69) is 0 Å². The standard InChI is InChI=1S/C12H9O4/c1-15-11-9(6-7-13)8-4-2-3-5-10(8)16-12(11)14/h2-5H,6H2,1H3. The number of hydrogen-bond acceptors (Lipinski definition) is 4. The van der Waals surface area contributed by atoms with E-state index < -0.39 is 5.63 Å². The first-order chi connectivity index (χ1) is 7.77. The molecule has 0 aliphatic rings. The Labute approximate surface area is 91.4 Å². The molecule has 0 saturated heterocycles. The minimum absolute atomic E-state index is 0.00921. The highest BCUT2D eigenvalue weighted by Crippen LogP contribution is 2.24. The molecule has 0 N–H and O–H groups in total. The van der Waals surface area contributed by atoms with Gasteiger partial charge in [0.2, 0.25) is 12.0 Å². The third-order valence-corrected chi connectivity index (χ3v) is 2.33. The fraction of sp³-hybridized carbons (Fsp3) is 0.167. The summed E-state index contributed by atoms with van der Waals surface area (Å²) in [4.78, 5) is 22.0. The SMILES string of the molecule is COc1c(C[C]=O)c2ccccc2oc1=O. The van der Waals surface area contributed by atoms with Gasteiger partial charge in [0.25, 0.3) is 0 Å². The highest BCUT2D eigenvalue weighted by atomic mass is 16.5. The molecular weight excluding hydrogens is 208 g/mol. The maximum atomic E-state index is 11.5. The van der Waals surface area contributed by atoms with Gasteiger partial charge in [-0.1, -0.05) is 18.2 Å².